The normalized spacial score (nSPS) is 32.0. The fourth-order valence-corrected chi connectivity index (χ4v) is 6.24. The first-order chi connectivity index (χ1) is 7.50. The number of hydrogen-bond donors (Lipinski definition) is 2. The van der Waals surface area contributed by atoms with Crippen molar-refractivity contribution in [3.05, 3.63) is 12.7 Å². The Labute approximate surface area is 99.6 Å². The van der Waals surface area contributed by atoms with E-state index in [9.17, 15) is 21.6 Å². The predicted octanol–water partition coefficient (Wildman–Crippen LogP) is -1.27. The number of hydrogen-bond acceptors (Lipinski definition) is 5. The summed E-state index contributed by atoms with van der Waals surface area (Å²) in [6.45, 7) is 4.45. The summed E-state index contributed by atoms with van der Waals surface area (Å²) < 4.78 is 54.1. The summed E-state index contributed by atoms with van der Waals surface area (Å²) in [5, 5.41) is 0.676. The van der Waals surface area contributed by atoms with Crippen LogP contribution in [0.5, 0.6) is 0 Å². The van der Waals surface area contributed by atoms with Crippen molar-refractivity contribution in [1.29, 1.82) is 0 Å². The van der Waals surface area contributed by atoms with Crippen molar-refractivity contribution in [3.63, 3.8) is 0 Å². The Kier molecular flexibility index (Phi) is 3.38. The van der Waals surface area contributed by atoms with Crippen LogP contribution in [-0.4, -0.2) is 49.6 Å². The first-order valence-corrected chi connectivity index (χ1v) is 7.94. The number of carbonyl (C=O) groups excluding carboxylic acids is 1. The molecule has 1 rings (SSSR count). The second-order valence-electron chi connectivity index (χ2n) is 4.17. The van der Waals surface area contributed by atoms with Gasteiger partial charge in [0.1, 0.15) is 5.25 Å². The molecule has 1 aliphatic rings. The molecule has 0 aromatic rings. The SMILES string of the molecule is C=CC(=O)N[C@@]1(C)CS(=O)(=O)C[C@H]1S(=O)(=O)O. The third kappa shape index (κ3) is 3.05. The molecule has 7 nitrogen and oxygen atoms in total. The average molecular weight is 283 g/mol. The van der Waals surface area contributed by atoms with E-state index < -0.39 is 48.2 Å². The van der Waals surface area contributed by atoms with Gasteiger partial charge in [-0.05, 0) is 13.0 Å². The summed E-state index contributed by atoms with van der Waals surface area (Å²) in [6, 6.07) is 0. The highest BCUT2D eigenvalue weighted by molar-refractivity contribution is 7.94. The van der Waals surface area contributed by atoms with Gasteiger partial charge in [0.05, 0.1) is 17.0 Å². The van der Waals surface area contributed by atoms with Crippen LogP contribution >= 0.6 is 0 Å². The molecule has 17 heavy (non-hydrogen) atoms. The Morgan fingerprint density at radius 1 is 1.59 bits per heavy atom. The first kappa shape index (κ1) is 14.1. The van der Waals surface area contributed by atoms with Crippen molar-refractivity contribution in [2.75, 3.05) is 11.5 Å². The van der Waals surface area contributed by atoms with Gasteiger partial charge in [-0.1, -0.05) is 6.58 Å². The molecule has 0 aromatic carbocycles. The molecule has 0 bridgehead atoms. The van der Waals surface area contributed by atoms with Gasteiger partial charge in [0.2, 0.25) is 5.91 Å². The lowest BCUT2D eigenvalue weighted by Crippen LogP contribution is -2.56. The van der Waals surface area contributed by atoms with Gasteiger partial charge in [0.25, 0.3) is 10.1 Å². The number of rotatable bonds is 3. The van der Waals surface area contributed by atoms with Gasteiger partial charge >= 0.3 is 0 Å². The zero-order valence-electron chi connectivity index (χ0n) is 9.08. The highest BCUT2D eigenvalue weighted by Gasteiger charge is 2.53. The van der Waals surface area contributed by atoms with E-state index in [1.165, 1.54) is 6.92 Å². The molecular weight excluding hydrogens is 270 g/mol. The average Bonchev–Trinajstić information content (AvgIpc) is 2.35. The molecule has 98 valence electrons. The van der Waals surface area contributed by atoms with E-state index in [0.717, 1.165) is 6.08 Å². The second-order valence-corrected chi connectivity index (χ2v) is 7.88. The van der Waals surface area contributed by atoms with Crippen molar-refractivity contribution in [3.8, 4) is 0 Å². The van der Waals surface area contributed by atoms with Gasteiger partial charge in [-0.15, -0.1) is 0 Å². The highest BCUT2D eigenvalue weighted by atomic mass is 32.2. The molecule has 1 fully saturated rings. The number of sulfone groups is 1. The van der Waals surface area contributed by atoms with Crippen molar-refractivity contribution in [2.24, 2.45) is 0 Å². The Morgan fingerprint density at radius 3 is 2.53 bits per heavy atom. The standard InChI is InChI=1S/C8H13NO6S2/c1-3-7(10)9-8(2)5-16(11,12)4-6(8)17(13,14)15/h3,6H,1,4-5H2,2H3,(H,9,10)(H,13,14,15)/t6-,8+/m1/s1. The molecule has 1 saturated heterocycles. The van der Waals surface area contributed by atoms with Gasteiger partial charge < -0.3 is 5.32 Å². The van der Waals surface area contributed by atoms with Crippen molar-refractivity contribution >= 4 is 25.9 Å². The molecule has 2 atom stereocenters. The molecule has 2 N–H and O–H groups in total. The van der Waals surface area contributed by atoms with Crippen LogP contribution in [0, 0.1) is 0 Å². The van der Waals surface area contributed by atoms with Crippen molar-refractivity contribution < 1.29 is 26.2 Å². The fourth-order valence-electron chi connectivity index (χ4n) is 1.89. The van der Waals surface area contributed by atoms with Gasteiger partial charge in [-0.25, -0.2) is 8.42 Å². The summed E-state index contributed by atoms with van der Waals surface area (Å²) >= 11 is 0. The van der Waals surface area contributed by atoms with Crippen LogP contribution in [-0.2, 0) is 24.7 Å². The molecule has 1 heterocycles. The van der Waals surface area contributed by atoms with E-state index in [0.29, 0.717) is 0 Å². The molecule has 9 heteroatoms. The van der Waals surface area contributed by atoms with Crippen molar-refractivity contribution in [1.82, 2.24) is 5.32 Å². The maximum Gasteiger partial charge on any atom is 0.271 e. The number of carbonyl (C=O) groups is 1. The molecule has 0 saturated carbocycles. The summed E-state index contributed by atoms with van der Waals surface area (Å²) in [6.07, 6.45) is 0.900. The van der Waals surface area contributed by atoms with Gasteiger partial charge in [0.15, 0.2) is 9.84 Å². The second kappa shape index (κ2) is 4.07. The van der Waals surface area contributed by atoms with Gasteiger partial charge in [0, 0.05) is 0 Å². The van der Waals surface area contributed by atoms with Crippen LogP contribution in [0.3, 0.4) is 0 Å². The van der Waals surface area contributed by atoms with Crippen molar-refractivity contribution in [2.45, 2.75) is 17.7 Å². The van der Waals surface area contributed by atoms with E-state index >= 15 is 0 Å². The molecule has 0 spiro atoms. The molecule has 1 amide bonds. The molecule has 0 aliphatic carbocycles. The quantitative estimate of drug-likeness (QED) is 0.492. The van der Waals surface area contributed by atoms with Crippen LogP contribution in [0.4, 0.5) is 0 Å². The van der Waals surface area contributed by atoms with E-state index in [1.807, 2.05) is 0 Å². The molecular formula is C8H13NO6S2. The topological polar surface area (TPSA) is 118 Å². The third-order valence-corrected chi connectivity index (χ3v) is 6.09. The first-order valence-electron chi connectivity index (χ1n) is 4.61. The fraction of sp³-hybridized carbons (Fsp3) is 0.625. The Bertz CT molecular complexity index is 549. The van der Waals surface area contributed by atoms with Crippen LogP contribution in [0.15, 0.2) is 12.7 Å². The maximum atomic E-state index is 11.4. The Hall–Kier alpha value is -0.930. The molecule has 0 aromatic heterocycles. The minimum absolute atomic E-state index is 0.538. The lowest BCUT2D eigenvalue weighted by Gasteiger charge is -2.28. The summed E-state index contributed by atoms with van der Waals surface area (Å²) in [4.78, 5) is 11.2. The smallest absolute Gasteiger partial charge is 0.271 e. The zero-order chi connectivity index (χ0) is 13.5. The van der Waals surface area contributed by atoms with E-state index in [4.69, 9.17) is 4.55 Å². The Morgan fingerprint density at radius 2 is 2.12 bits per heavy atom. The van der Waals surface area contributed by atoms with Crippen LogP contribution in [0.2, 0.25) is 0 Å². The van der Waals surface area contributed by atoms with Gasteiger partial charge in [-0.3, -0.25) is 9.35 Å². The Balaban J connectivity index is 3.19. The minimum Gasteiger partial charge on any atom is -0.345 e. The minimum atomic E-state index is -4.56. The summed E-state index contributed by atoms with van der Waals surface area (Å²) in [5.41, 5.74) is -1.54. The molecule has 1 aliphatic heterocycles. The van der Waals surface area contributed by atoms with E-state index in [1.54, 1.807) is 0 Å². The van der Waals surface area contributed by atoms with Crippen LogP contribution in [0.1, 0.15) is 6.92 Å². The zero-order valence-corrected chi connectivity index (χ0v) is 10.7. The van der Waals surface area contributed by atoms with Crippen LogP contribution in [0.25, 0.3) is 0 Å². The number of nitrogens with one attached hydrogen (secondary N) is 1. The summed E-state index contributed by atoms with van der Waals surface area (Å²) in [7, 11) is -8.19. The lowest BCUT2D eigenvalue weighted by atomic mass is 10.0. The number of amides is 1. The summed E-state index contributed by atoms with van der Waals surface area (Å²) in [5.74, 6) is -1.94. The molecule has 0 unspecified atom stereocenters. The third-order valence-electron chi connectivity index (χ3n) is 2.59. The molecule has 0 radical (unpaired) electrons. The lowest BCUT2D eigenvalue weighted by molar-refractivity contribution is -0.117. The van der Waals surface area contributed by atoms with Gasteiger partial charge in [-0.2, -0.15) is 8.42 Å². The van der Waals surface area contributed by atoms with Crippen LogP contribution < -0.4 is 5.32 Å². The largest absolute Gasteiger partial charge is 0.345 e. The highest BCUT2D eigenvalue weighted by Crippen LogP contribution is 2.28. The monoisotopic (exact) mass is 283 g/mol. The maximum absolute atomic E-state index is 11.4. The van der Waals surface area contributed by atoms with E-state index in [-0.39, 0.29) is 0 Å². The predicted molar refractivity (Wildman–Crippen MR) is 60.7 cm³/mol. The van der Waals surface area contributed by atoms with E-state index in [2.05, 4.69) is 11.9 Å².